The molecule has 1 aliphatic heterocycles. The highest BCUT2D eigenvalue weighted by atomic mass is 16.5. The first-order chi connectivity index (χ1) is 7.63. The number of rotatable bonds is 6. The molecule has 1 saturated heterocycles. The maximum Gasteiger partial charge on any atom is 0.305 e. The quantitative estimate of drug-likeness (QED) is 0.636. The van der Waals surface area contributed by atoms with Crippen LogP contribution in [0.4, 0.5) is 0 Å². The zero-order valence-corrected chi connectivity index (χ0v) is 9.70. The number of carbonyl (C=O) groups excluding carboxylic acids is 2. The Bertz CT molecular complexity index is 256. The van der Waals surface area contributed by atoms with Crippen LogP contribution in [0.2, 0.25) is 0 Å². The Morgan fingerprint density at radius 2 is 2.44 bits per heavy atom. The van der Waals surface area contributed by atoms with Gasteiger partial charge < -0.3 is 15.8 Å². The van der Waals surface area contributed by atoms with Gasteiger partial charge in [0.05, 0.1) is 6.61 Å². The Balaban J connectivity index is 2.17. The molecule has 1 fully saturated rings. The summed E-state index contributed by atoms with van der Waals surface area (Å²) in [5.74, 6) is -0.0994. The fraction of sp³-hybridized carbons (Fsp3) is 0.818. The summed E-state index contributed by atoms with van der Waals surface area (Å²) in [7, 11) is 0. The van der Waals surface area contributed by atoms with E-state index in [9.17, 15) is 9.59 Å². The molecule has 2 atom stereocenters. The highest BCUT2D eigenvalue weighted by Gasteiger charge is 2.25. The summed E-state index contributed by atoms with van der Waals surface area (Å²) in [6.07, 6.45) is 2.43. The molecule has 0 aromatic carbocycles. The first kappa shape index (κ1) is 13.0. The lowest BCUT2D eigenvalue weighted by Gasteiger charge is -2.14. The lowest BCUT2D eigenvalue weighted by atomic mass is 9.96. The van der Waals surface area contributed by atoms with Crippen LogP contribution < -0.4 is 11.1 Å². The lowest BCUT2D eigenvalue weighted by Crippen LogP contribution is -2.28. The van der Waals surface area contributed by atoms with E-state index >= 15 is 0 Å². The van der Waals surface area contributed by atoms with Gasteiger partial charge in [0.2, 0.25) is 5.91 Å². The summed E-state index contributed by atoms with van der Waals surface area (Å²) in [6.45, 7) is 2.92. The van der Waals surface area contributed by atoms with Gasteiger partial charge in [0, 0.05) is 24.9 Å². The first-order valence-corrected chi connectivity index (χ1v) is 5.82. The highest BCUT2D eigenvalue weighted by Crippen LogP contribution is 2.17. The Morgan fingerprint density at radius 3 is 3.00 bits per heavy atom. The zero-order chi connectivity index (χ0) is 12.0. The smallest absolute Gasteiger partial charge is 0.305 e. The lowest BCUT2D eigenvalue weighted by molar-refractivity contribution is -0.143. The van der Waals surface area contributed by atoms with Crippen LogP contribution in [0.5, 0.6) is 0 Å². The van der Waals surface area contributed by atoms with Crippen molar-refractivity contribution in [1.82, 2.24) is 5.32 Å². The molecule has 3 N–H and O–H groups in total. The van der Waals surface area contributed by atoms with Crippen molar-refractivity contribution in [3.8, 4) is 0 Å². The Morgan fingerprint density at radius 1 is 1.69 bits per heavy atom. The summed E-state index contributed by atoms with van der Waals surface area (Å²) >= 11 is 0. The van der Waals surface area contributed by atoms with Crippen LogP contribution in [0.3, 0.4) is 0 Å². The zero-order valence-electron chi connectivity index (χ0n) is 9.70. The van der Waals surface area contributed by atoms with Gasteiger partial charge in [0.15, 0.2) is 0 Å². The molecule has 92 valence electrons. The first-order valence-electron chi connectivity index (χ1n) is 5.82. The van der Waals surface area contributed by atoms with Crippen LogP contribution in [0.25, 0.3) is 0 Å². The average Bonchev–Trinajstić information content (AvgIpc) is 2.62. The van der Waals surface area contributed by atoms with Crippen LogP contribution in [0.15, 0.2) is 0 Å². The molecule has 0 radical (unpaired) electrons. The van der Waals surface area contributed by atoms with Crippen LogP contribution >= 0.6 is 0 Å². The van der Waals surface area contributed by atoms with Crippen molar-refractivity contribution in [2.75, 3.05) is 13.2 Å². The SMILES string of the molecule is CCOC(=O)CC[C@@H](N)C[C@@H]1CCNC1=O. The summed E-state index contributed by atoms with van der Waals surface area (Å²) < 4.78 is 4.81. The van der Waals surface area contributed by atoms with Crippen LogP contribution in [-0.2, 0) is 14.3 Å². The van der Waals surface area contributed by atoms with Crippen molar-refractivity contribution < 1.29 is 14.3 Å². The fourth-order valence-corrected chi connectivity index (χ4v) is 1.89. The Labute approximate surface area is 95.7 Å². The minimum absolute atomic E-state index is 0.0252. The van der Waals surface area contributed by atoms with Crippen molar-refractivity contribution in [2.45, 2.75) is 38.6 Å². The number of nitrogens with one attached hydrogen (secondary N) is 1. The fourth-order valence-electron chi connectivity index (χ4n) is 1.89. The maximum absolute atomic E-state index is 11.3. The van der Waals surface area contributed by atoms with E-state index in [1.54, 1.807) is 6.92 Å². The van der Waals surface area contributed by atoms with Gasteiger partial charge in [-0.15, -0.1) is 0 Å². The second-order valence-electron chi connectivity index (χ2n) is 4.12. The number of amides is 1. The van der Waals surface area contributed by atoms with Crippen molar-refractivity contribution in [3.63, 3.8) is 0 Å². The molecular formula is C11H20N2O3. The van der Waals surface area contributed by atoms with Crippen molar-refractivity contribution in [3.05, 3.63) is 0 Å². The maximum atomic E-state index is 11.3. The van der Waals surface area contributed by atoms with Crippen LogP contribution in [0, 0.1) is 5.92 Å². The van der Waals surface area contributed by atoms with E-state index in [2.05, 4.69) is 5.32 Å². The Hall–Kier alpha value is -1.10. The molecule has 0 spiro atoms. The van der Waals surface area contributed by atoms with Crippen LogP contribution in [0.1, 0.15) is 32.6 Å². The predicted molar refractivity (Wildman–Crippen MR) is 59.6 cm³/mol. The van der Waals surface area contributed by atoms with E-state index in [0.29, 0.717) is 25.9 Å². The molecule has 0 saturated carbocycles. The van der Waals surface area contributed by atoms with E-state index in [1.165, 1.54) is 0 Å². The number of hydrogen-bond acceptors (Lipinski definition) is 4. The minimum atomic E-state index is -0.214. The molecule has 0 aromatic heterocycles. The van der Waals surface area contributed by atoms with Gasteiger partial charge in [-0.2, -0.15) is 0 Å². The molecule has 0 aromatic rings. The molecule has 5 heteroatoms. The standard InChI is InChI=1S/C11H20N2O3/c1-2-16-10(14)4-3-9(12)7-8-5-6-13-11(8)15/h8-9H,2-7,12H2,1H3,(H,13,15)/t8-,9+/m0/s1. The summed E-state index contributed by atoms with van der Waals surface area (Å²) in [5.41, 5.74) is 5.87. The average molecular weight is 228 g/mol. The number of hydrogen-bond donors (Lipinski definition) is 2. The third kappa shape index (κ3) is 4.18. The number of carbonyl (C=O) groups is 2. The van der Waals surface area contributed by atoms with Gasteiger partial charge in [-0.25, -0.2) is 0 Å². The van der Waals surface area contributed by atoms with Crippen LogP contribution in [-0.4, -0.2) is 31.1 Å². The topological polar surface area (TPSA) is 81.4 Å². The van der Waals surface area contributed by atoms with Gasteiger partial charge in [-0.05, 0) is 26.2 Å². The van der Waals surface area contributed by atoms with Crippen molar-refractivity contribution in [2.24, 2.45) is 11.7 Å². The van der Waals surface area contributed by atoms with Gasteiger partial charge >= 0.3 is 5.97 Å². The third-order valence-electron chi connectivity index (χ3n) is 2.77. The van der Waals surface area contributed by atoms with Gasteiger partial charge in [0.1, 0.15) is 0 Å². The normalized spacial score (nSPS) is 21.6. The summed E-state index contributed by atoms with van der Waals surface area (Å²) in [4.78, 5) is 22.4. The molecule has 1 heterocycles. The second kappa shape index (κ2) is 6.48. The van der Waals surface area contributed by atoms with E-state index < -0.39 is 0 Å². The summed E-state index contributed by atoms with van der Waals surface area (Å²) in [6, 6.07) is -0.0988. The predicted octanol–water partition coefficient (Wildman–Crippen LogP) is 0.183. The molecule has 0 bridgehead atoms. The van der Waals surface area contributed by atoms with Crippen molar-refractivity contribution in [1.29, 1.82) is 0 Å². The number of ether oxygens (including phenoxy) is 1. The highest BCUT2D eigenvalue weighted by molar-refractivity contribution is 5.80. The second-order valence-corrected chi connectivity index (χ2v) is 4.12. The largest absolute Gasteiger partial charge is 0.466 e. The molecule has 5 nitrogen and oxygen atoms in total. The van der Waals surface area contributed by atoms with Gasteiger partial charge in [-0.3, -0.25) is 9.59 Å². The Kier molecular flexibility index (Phi) is 5.25. The number of esters is 1. The minimum Gasteiger partial charge on any atom is -0.466 e. The third-order valence-corrected chi connectivity index (χ3v) is 2.77. The molecule has 1 amide bonds. The van der Waals surface area contributed by atoms with Gasteiger partial charge in [-0.1, -0.05) is 0 Å². The molecule has 1 aliphatic rings. The van der Waals surface area contributed by atoms with E-state index in [4.69, 9.17) is 10.5 Å². The van der Waals surface area contributed by atoms with E-state index in [-0.39, 0.29) is 23.8 Å². The van der Waals surface area contributed by atoms with E-state index in [1.807, 2.05) is 0 Å². The van der Waals surface area contributed by atoms with E-state index in [0.717, 1.165) is 13.0 Å². The molecule has 1 rings (SSSR count). The molecule has 0 unspecified atom stereocenters. The number of nitrogens with two attached hydrogens (primary N) is 1. The molecule has 16 heavy (non-hydrogen) atoms. The van der Waals surface area contributed by atoms with Crippen molar-refractivity contribution >= 4 is 11.9 Å². The monoisotopic (exact) mass is 228 g/mol. The summed E-state index contributed by atoms with van der Waals surface area (Å²) in [5, 5.41) is 2.77. The molecule has 0 aliphatic carbocycles. The van der Waals surface area contributed by atoms with Gasteiger partial charge in [0.25, 0.3) is 0 Å². The molecular weight excluding hydrogens is 208 g/mol.